The molecular weight excluding hydrogens is 152 g/mol. The molecule has 0 unspecified atom stereocenters. The molecular formula is C8H6N4. The lowest BCUT2D eigenvalue weighted by molar-refractivity contribution is 0.921. The summed E-state index contributed by atoms with van der Waals surface area (Å²) in [5.41, 5.74) is 1.51. The van der Waals surface area contributed by atoms with Crippen LogP contribution in [-0.4, -0.2) is 14.5 Å². The van der Waals surface area contributed by atoms with Crippen molar-refractivity contribution < 1.29 is 0 Å². The van der Waals surface area contributed by atoms with Crippen LogP contribution in [0.3, 0.4) is 0 Å². The average molecular weight is 158 g/mol. The van der Waals surface area contributed by atoms with Crippen LogP contribution in [0.5, 0.6) is 0 Å². The maximum atomic E-state index is 8.66. The van der Waals surface area contributed by atoms with Crippen molar-refractivity contribution in [3.63, 3.8) is 0 Å². The third-order valence-corrected chi connectivity index (χ3v) is 1.76. The van der Waals surface area contributed by atoms with Crippen LogP contribution in [0.25, 0.3) is 11.2 Å². The van der Waals surface area contributed by atoms with Gasteiger partial charge in [0.2, 0.25) is 5.82 Å². The number of fused-ring (bicyclic) bond motifs is 1. The highest BCUT2D eigenvalue weighted by molar-refractivity contribution is 5.71. The zero-order chi connectivity index (χ0) is 8.55. The Bertz CT molecular complexity index is 463. The zero-order valence-corrected chi connectivity index (χ0v) is 6.52. The summed E-state index contributed by atoms with van der Waals surface area (Å²) in [6, 6.07) is 5.71. The Morgan fingerprint density at radius 1 is 1.58 bits per heavy atom. The second-order valence-electron chi connectivity index (χ2n) is 2.45. The minimum absolute atomic E-state index is 0.392. The fourth-order valence-corrected chi connectivity index (χ4v) is 1.13. The van der Waals surface area contributed by atoms with E-state index in [1.807, 2.05) is 18.2 Å². The van der Waals surface area contributed by atoms with Gasteiger partial charge in [-0.25, -0.2) is 4.98 Å². The molecule has 0 saturated heterocycles. The Kier molecular flexibility index (Phi) is 1.31. The molecule has 0 aromatic carbocycles. The highest BCUT2D eigenvalue weighted by Crippen LogP contribution is 2.10. The fraction of sp³-hybridized carbons (Fsp3) is 0.125. The Hall–Kier alpha value is -1.89. The van der Waals surface area contributed by atoms with Crippen LogP contribution < -0.4 is 0 Å². The van der Waals surface area contributed by atoms with Crippen molar-refractivity contribution in [1.29, 1.82) is 5.26 Å². The maximum absolute atomic E-state index is 8.66. The van der Waals surface area contributed by atoms with E-state index in [-0.39, 0.29) is 0 Å². The molecule has 0 N–H and O–H groups in total. The van der Waals surface area contributed by atoms with E-state index in [2.05, 4.69) is 9.97 Å². The molecule has 0 radical (unpaired) electrons. The van der Waals surface area contributed by atoms with Crippen molar-refractivity contribution in [2.75, 3.05) is 0 Å². The van der Waals surface area contributed by atoms with Crippen molar-refractivity contribution in [3.8, 4) is 6.07 Å². The predicted molar refractivity (Wildman–Crippen MR) is 43.2 cm³/mol. The van der Waals surface area contributed by atoms with E-state index >= 15 is 0 Å². The lowest BCUT2D eigenvalue weighted by atomic mass is 10.4. The van der Waals surface area contributed by atoms with Crippen molar-refractivity contribution in [3.05, 3.63) is 24.2 Å². The van der Waals surface area contributed by atoms with Crippen LogP contribution in [0.4, 0.5) is 0 Å². The first-order chi connectivity index (χ1) is 5.83. The summed E-state index contributed by atoms with van der Waals surface area (Å²) >= 11 is 0. The van der Waals surface area contributed by atoms with Crippen LogP contribution in [0.1, 0.15) is 5.82 Å². The van der Waals surface area contributed by atoms with E-state index in [0.29, 0.717) is 11.5 Å². The molecule has 0 bridgehead atoms. The second kappa shape index (κ2) is 2.31. The van der Waals surface area contributed by atoms with Crippen LogP contribution in [-0.2, 0) is 7.05 Å². The van der Waals surface area contributed by atoms with Crippen molar-refractivity contribution in [1.82, 2.24) is 14.5 Å². The van der Waals surface area contributed by atoms with Gasteiger partial charge >= 0.3 is 0 Å². The molecule has 4 nitrogen and oxygen atoms in total. The zero-order valence-electron chi connectivity index (χ0n) is 6.52. The standard InChI is InChI=1S/C8H6N4/c1-12-6-3-2-4-10-8(6)11-7(12)5-9/h2-4H,1H3. The van der Waals surface area contributed by atoms with E-state index in [9.17, 15) is 0 Å². The van der Waals surface area contributed by atoms with Gasteiger partial charge in [0.25, 0.3) is 0 Å². The average Bonchev–Trinajstić information content (AvgIpc) is 2.44. The molecule has 0 atom stereocenters. The predicted octanol–water partition coefficient (Wildman–Crippen LogP) is 0.840. The Labute approximate surface area is 69.1 Å². The number of nitrogens with zero attached hydrogens (tertiary/aromatic N) is 4. The van der Waals surface area contributed by atoms with Gasteiger partial charge in [-0.3, -0.25) is 0 Å². The molecule has 4 heteroatoms. The van der Waals surface area contributed by atoms with Crippen LogP contribution in [0.2, 0.25) is 0 Å². The molecule has 12 heavy (non-hydrogen) atoms. The van der Waals surface area contributed by atoms with E-state index in [4.69, 9.17) is 5.26 Å². The third kappa shape index (κ3) is 0.768. The van der Waals surface area contributed by atoms with Crippen molar-refractivity contribution >= 4 is 11.2 Å². The quantitative estimate of drug-likeness (QED) is 0.570. The fourth-order valence-electron chi connectivity index (χ4n) is 1.13. The van der Waals surface area contributed by atoms with Crippen molar-refractivity contribution in [2.45, 2.75) is 0 Å². The van der Waals surface area contributed by atoms with Gasteiger partial charge in [-0.2, -0.15) is 10.2 Å². The van der Waals surface area contributed by atoms with Gasteiger partial charge in [0, 0.05) is 13.2 Å². The molecule has 0 saturated carbocycles. The number of pyridine rings is 1. The summed E-state index contributed by atoms with van der Waals surface area (Å²) in [5.74, 6) is 0.392. The molecule has 0 aliphatic rings. The monoisotopic (exact) mass is 158 g/mol. The largest absolute Gasteiger partial charge is 0.317 e. The van der Waals surface area contributed by atoms with E-state index in [1.54, 1.807) is 17.8 Å². The van der Waals surface area contributed by atoms with Gasteiger partial charge in [-0.15, -0.1) is 0 Å². The van der Waals surface area contributed by atoms with Crippen molar-refractivity contribution in [2.24, 2.45) is 7.05 Å². The first kappa shape index (κ1) is 6.80. The molecule has 58 valence electrons. The van der Waals surface area contributed by atoms with E-state index < -0.39 is 0 Å². The van der Waals surface area contributed by atoms with Gasteiger partial charge < -0.3 is 4.57 Å². The second-order valence-corrected chi connectivity index (χ2v) is 2.45. The normalized spacial score (nSPS) is 10.0. The van der Waals surface area contributed by atoms with Gasteiger partial charge in [0.05, 0.1) is 5.52 Å². The molecule has 0 fully saturated rings. The molecule has 2 heterocycles. The van der Waals surface area contributed by atoms with E-state index in [1.165, 1.54) is 0 Å². The minimum Gasteiger partial charge on any atom is -0.317 e. The highest BCUT2D eigenvalue weighted by Gasteiger charge is 2.05. The SMILES string of the molecule is Cn1c(C#N)nc2ncccc21. The molecule has 0 aliphatic heterocycles. The van der Waals surface area contributed by atoms with E-state index in [0.717, 1.165) is 5.52 Å². The van der Waals surface area contributed by atoms with Gasteiger partial charge in [-0.05, 0) is 12.1 Å². The summed E-state index contributed by atoms with van der Waals surface area (Å²) in [4.78, 5) is 8.05. The summed E-state index contributed by atoms with van der Waals surface area (Å²) in [6.07, 6.45) is 1.66. The third-order valence-electron chi connectivity index (χ3n) is 1.76. The number of aromatic nitrogens is 3. The summed E-state index contributed by atoms with van der Waals surface area (Å²) in [7, 11) is 1.80. The summed E-state index contributed by atoms with van der Waals surface area (Å²) in [6.45, 7) is 0. The van der Waals surface area contributed by atoms with Gasteiger partial charge in [0.1, 0.15) is 6.07 Å². The van der Waals surface area contributed by atoms with Gasteiger partial charge in [-0.1, -0.05) is 0 Å². The summed E-state index contributed by atoms with van der Waals surface area (Å²) in [5, 5.41) is 8.66. The molecule has 2 aromatic heterocycles. The summed E-state index contributed by atoms with van der Waals surface area (Å²) < 4.78 is 1.72. The number of rotatable bonds is 0. The lowest BCUT2D eigenvalue weighted by Gasteiger charge is -1.91. The Morgan fingerprint density at radius 3 is 3.08 bits per heavy atom. The number of aryl methyl sites for hydroxylation is 1. The number of hydrogen-bond acceptors (Lipinski definition) is 3. The maximum Gasteiger partial charge on any atom is 0.215 e. The number of imidazole rings is 1. The molecule has 2 aromatic rings. The minimum atomic E-state index is 0.392. The van der Waals surface area contributed by atoms with Gasteiger partial charge in [0.15, 0.2) is 5.65 Å². The highest BCUT2D eigenvalue weighted by atomic mass is 15.1. The smallest absolute Gasteiger partial charge is 0.215 e. The lowest BCUT2D eigenvalue weighted by Crippen LogP contribution is -1.91. The number of hydrogen-bond donors (Lipinski definition) is 0. The Balaban J connectivity index is 2.90. The Morgan fingerprint density at radius 2 is 2.42 bits per heavy atom. The van der Waals surface area contributed by atoms with Crippen LogP contribution in [0.15, 0.2) is 18.3 Å². The molecule has 0 spiro atoms. The van der Waals surface area contributed by atoms with Crippen LogP contribution in [0, 0.1) is 11.3 Å². The molecule has 2 rings (SSSR count). The first-order valence-electron chi connectivity index (χ1n) is 3.50. The van der Waals surface area contributed by atoms with Crippen LogP contribution >= 0.6 is 0 Å². The first-order valence-corrected chi connectivity index (χ1v) is 3.50. The number of nitriles is 1. The topological polar surface area (TPSA) is 54.5 Å². The molecule has 0 amide bonds. The molecule has 0 aliphatic carbocycles.